The second kappa shape index (κ2) is 7.33. The van der Waals surface area contributed by atoms with Gasteiger partial charge in [-0.2, -0.15) is 0 Å². The molecule has 1 rings (SSSR count). The van der Waals surface area contributed by atoms with Crippen molar-refractivity contribution in [1.29, 1.82) is 0 Å². The number of ether oxygens (including phenoxy) is 1. The number of rotatable bonds is 4. The van der Waals surface area contributed by atoms with Gasteiger partial charge in [-0.25, -0.2) is 4.79 Å². The van der Waals surface area contributed by atoms with Gasteiger partial charge >= 0.3 is 13.7 Å². The van der Waals surface area contributed by atoms with Gasteiger partial charge in [0.15, 0.2) is 0 Å². The number of nitrogens with one attached hydrogen (secondary N) is 1. The molecule has 0 aliphatic carbocycles. The largest absolute Gasteiger partial charge is 0.444 e. The van der Waals surface area contributed by atoms with E-state index < -0.39 is 19.3 Å². The third-order valence-electron chi connectivity index (χ3n) is 3.74. The van der Waals surface area contributed by atoms with E-state index in [-0.39, 0.29) is 30.1 Å². The average molecular weight is 335 g/mol. The SMILES string of the molecule is CCOP1(=O)OC[C@@H](NC(=O)OC(C)(C)C)[C@@H](C(C)C)[C@@H]1C. The van der Waals surface area contributed by atoms with Gasteiger partial charge in [-0.15, -0.1) is 0 Å². The van der Waals surface area contributed by atoms with E-state index >= 15 is 0 Å². The molecule has 1 aliphatic rings. The molecule has 6 nitrogen and oxygen atoms in total. The molecule has 22 heavy (non-hydrogen) atoms. The summed E-state index contributed by atoms with van der Waals surface area (Å²) in [6, 6.07) is -0.243. The zero-order valence-electron chi connectivity index (χ0n) is 14.7. The van der Waals surface area contributed by atoms with Gasteiger partial charge in [0, 0.05) is 0 Å². The lowest BCUT2D eigenvalue weighted by atomic mass is 9.86. The highest BCUT2D eigenvalue weighted by molar-refractivity contribution is 7.54. The molecule has 0 aromatic rings. The Labute approximate surface area is 133 Å². The lowest BCUT2D eigenvalue weighted by molar-refractivity contribution is 0.0393. The van der Waals surface area contributed by atoms with Crippen molar-refractivity contribution in [1.82, 2.24) is 5.32 Å². The van der Waals surface area contributed by atoms with Crippen LogP contribution in [0.3, 0.4) is 0 Å². The molecule has 130 valence electrons. The number of hydrogen-bond acceptors (Lipinski definition) is 5. The summed E-state index contributed by atoms with van der Waals surface area (Å²) in [5.74, 6) is 0.228. The Morgan fingerprint density at radius 3 is 2.45 bits per heavy atom. The standard InChI is InChI=1S/C15H30NO5P/c1-8-19-22(18)11(4)13(10(2)3)12(9-20-22)16-14(17)21-15(5,6)7/h10-13H,8-9H2,1-7H3,(H,16,17)/t11-,12+,13-,22?/m0/s1. The highest BCUT2D eigenvalue weighted by atomic mass is 31.2. The van der Waals surface area contributed by atoms with Gasteiger partial charge in [0.05, 0.1) is 24.9 Å². The molecule has 0 spiro atoms. The Balaban J connectivity index is 2.84. The van der Waals surface area contributed by atoms with Crippen LogP contribution in [0.25, 0.3) is 0 Å². The summed E-state index contributed by atoms with van der Waals surface area (Å²) >= 11 is 0. The van der Waals surface area contributed by atoms with Crippen molar-refractivity contribution in [3.05, 3.63) is 0 Å². The Morgan fingerprint density at radius 1 is 1.41 bits per heavy atom. The Hall–Kier alpha value is -0.580. The van der Waals surface area contributed by atoms with E-state index in [0.29, 0.717) is 6.61 Å². The second-order valence-electron chi connectivity index (χ2n) is 7.07. The van der Waals surface area contributed by atoms with Gasteiger partial charge in [-0.3, -0.25) is 4.57 Å². The molecule has 0 aromatic heterocycles. The van der Waals surface area contributed by atoms with Gasteiger partial charge < -0.3 is 19.1 Å². The van der Waals surface area contributed by atoms with E-state index in [1.54, 1.807) is 6.92 Å². The minimum absolute atomic E-state index is 0.00125. The normalized spacial score (nSPS) is 32.8. The van der Waals surface area contributed by atoms with Crippen LogP contribution in [0.15, 0.2) is 0 Å². The first-order valence-corrected chi connectivity index (χ1v) is 9.49. The molecule has 1 fully saturated rings. The summed E-state index contributed by atoms with van der Waals surface area (Å²) in [5.41, 5.74) is -0.833. The van der Waals surface area contributed by atoms with Crippen LogP contribution >= 0.6 is 7.60 Å². The first-order chi connectivity index (χ1) is 10.00. The minimum Gasteiger partial charge on any atom is -0.444 e. The van der Waals surface area contributed by atoms with E-state index in [1.807, 2.05) is 41.5 Å². The van der Waals surface area contributed by atoms with Gasteiger partial charge in [0.25, 0.3) is 0 Å². The molecule has 7 heteroatoms. The fourth-order valence-electron chi connectivity index (χ4n) is 2.91. The number of hydrogen-bond donors (Lipinski definition) is 1. The van der Waals surface area contributed by atoms with E-state index in [9.17, 15) is 9.36 Å². The molecule has 1 unspecified atom stereocenters. The van der Waals surface area contributed by atoms with Crippen LogP contribution in [0.1, 0.15) is 48.5 Å². The van der Waals surface area contributed by atoms with Gasteiger partial charge in [-0.1, -0.05) is 20.8 Å². The Kier molecular flexibility index (Phi) is 6.48. The molecule has 1 heterocycles. The quantitative estimate of drug-likeness (QED) is 0.791. The van der Waals surface area contributed by atoms with Crippen molar-refractivity contribution in [3.8, 4) is 0 Å². The highest BCUT2D eigenvalue weighted by Gasteiger charge is 2.48. The monoisotopic (exact) mass is 335 g/mol. The molecule has 1 saturated heterocycles. The third kappa shape index (κ3) is 4.97. The predicted octanol–water partition coefficient (Wildman–Crippen LogP) is 3.80. The van der Waals surface area contributed by atoms with Gasteiger partial charge in [-0.05, 0) is 39.5 Å². The molecule has 1 N–H and O–H groups in total. The first kappa shape index (κ1) is 19.5. The molecule has 0 bridgehead atoms. The summed E-state index contributed by atoms with van der Waals surface area (Å²) in [4.78, 5) is 12.0. The maximum Gasteiger partial charge on any atom is 0.407 e. The Bertz CT molecular complexity index is 432. The summed E-state index contributed by atoms with van der Waals surface area (Å²) < 4.78 is 28.9. The van der Waals surface area contributed by atoms with Crippen LogP contribution in [0.2, 0.25) is 0 Å². The fourth-order valence-corrected chi connectivity index (χ4v) is 5.16. The summed E-state index contributed by atoms with van der Waals surface area (Å²) in [6.07, 6.45) is -0.480. The Morgan fingerprint density at radius 2 is 2.00 bits per heavy atom. The van der Waals surface area contributed by atoms with Crippen LogP contribution in [0, 0.1) is 11.8 Å². The van der Waals surface area contributed by atoms with E-state index in [2.05, 4.69) is 5.32 Å². The van der Waals surface area contributed by atoms with Crippen LogP contribution in [0.4, 0.5) is 4.79 Å². The molecular formula is C15H30NO5P. The van der Waals surface area contributed by atoms with Gasteiger partial charge in [0.2, 0.25) is 0 Å². The van der Waals surface area contributed by atoms with Crippen LogP contribution in [0.5, 0.6) is 0 Å². The molecular weight excluding hydrogens is 305 g/mol. The zero-order chi connectivity index (χ0) is 17.1. The highest BCUT2D eigenvalue weighted by Crippen LogP contribution is 2.59. The summed E-state index contributed by atoms with van der Waals surface area (Å²) in [7, 11) is -3.13. The van der Waals surface area contributed by atoms with Crippen LogP contribution in [-0.2, 0) is 18.3 Å². The topological polar surface area (TPSA) is 73.9 Å². The lowest BCUT2D eigenvalue weighted by Gasteiger charge is -2.42. The fraction of sp³-hybridized carbons (Fsp3) is 0.933. The molecule has 0 radical (unpaired) electrons. The predicted molar refractivity (Wildman–Crippen MR) is 86.1 cm³/mol. The van der Waals surface area contributed by atoms with Crippen LogP contribution in [-0.4, -0.2) is 36.6 Å². The summed E-state index contributed by atoms with van der Waals surface area (Å²) in [6.45, 7) is 13.7. The second-order valence-corrected chi connectivity index (χ2v) is 9.48. The van der Waals surface area contributed by atoms with E-state index in [0.717, 1.165) is 0 Å². The van der Waals surface area contributed by atoms with Crippen LogP contribution < -0.4 is 5.32 Å². The molecule has 0 saturated carbocycles. The van der Waals surface area contributed by atoms with Crippen molar-refractivity contribution < 1.29 is 23.1 Å². The van der Waals surface area contributed by atoms with Crippen molar-refractivity contribution in [2.45, 2.75) is 65.8 Å². The van der Waals surface area contributed by atoms with Gasteiger partial charge in [0.1, 0.15) is 5.60 Å². The smallest absolute Gasteiger partial charge is 0.407 e. The number of carbonyl (C=O) groups is 1. The summed E-state index contributed by atoms with van der Waals surface area (Å²) in [5, 5.41) is 2.85. The maximum absolute atomic E-state index is 12.8. The number of carbonyl (C=O) groups excluding carboxylic acids is 1. The third-order valence-corrected chi connectivity index (χ3v) is 6.20. The zero-order valence-corrected chi connectivity index (χ0v) is 15.6. The average Bonchev–Trinajstić information content (AvgIpc) is 2.32. The molecule has 1 amide bonds. The van der Waals surface area contributed by atoms with E-state index in [1.165, 1.54) is 0 Å². The van der Waals surface area contributed by atoms with Crippen molar-refractivity contribution in [3.63, 3.8) is 0 Å². The van der Waals surface area contributed by atoms with Crippen molar-refractivity contribution >= 4 is 13.7 Å². The maximum atomic E-state index is 12.8. The number of amides is 1. The van der Waals surface area contributed by atoms with Crippen molar-refractivity contribution in [2.24, 2.45) is 11.8 Å². The number of alkyl carbamates (subject to hydrolysis) is 1. The molecule has 1 aliphatic heterocycles. The first-order valence-electron chi connectivity index (χ1n) is 7.88. The minimum atomic E-state index is -3.13. The molecule has 0 aromatic carbocycles. The molecule has 4 atom stereocenters. The van der Waals surface area contributed by atoms with E-state index in [4.69, 9.17) is 13.8 Å². The lowest BCUT2D eigenvalue weighted by Crippen LogP contribution is -2.52. The van der Waals surface area contributed by atoms with Crippen molar-refractivity contribution in [2.75, 3.05) is 13.2 Å².